The van der Waals surface area contributed by atoms with Crippen molar-refractivity contribution >= 4 is 0 Å². The number of nitrogens with zero attached hydrogens (tertiary/aromatic N) is 3. The molecule has 0 aliphatic heterocycles. The lowest BCUT2D eigenvalue weighted by atomic mass is 9.93. The first kappa shape index (κ1) is 17.6. The SMILES string of the molecule is Cc1cc(Cc2c(C)nn(CCc3n[nH]c(=O)o3)c2C)c2c(c1O)CCC2. The van der Waals surface area contributed by atoms with Gasteiger partial charge < -0.3 is 9.52 Å². The predicted octanol–water partition coefficient (Wildman–Crippen LogP) is 2.51. The molecule has 0 spiro atoms. The van der Waals surface area contributed by atoms with Crippen molar-refractivity contribution < 1.29 is 9.52 Å². The Kier molecular flexibility index (Phi) is 4.37. The Morgan fingerprint density at radius 3 is 2.78 bits per heavy atom. The zero-order valence-electron chi connectivity index (χ0n) is 15.9. The molecule has 27 heavy (non-hydrogen) atoms. The maximum atomic E-state index is 11.0. The number of aryl methyl sites for hydroxylation is 4. The van der Waals surface area contributed by atoms with Crippen molar-refractivity contribution in [2.45, 2.75) is 59.4 Å². The van der Waals surface area contributed by atoms with Crippen LogP contribution in [-0.2, 0) is 32.2 Å². The maximum absolute atomic E-state index is 11.0. The standard InChI is InChI=1S/C20H24N4O3/c1-11-9-14(15-5-4-6-16(15)19(11)25)10-17-12(2)23-24(13(17)3)8-7-18-21-22-20(26)27-18/h9,25H,4-8,10H2,1-3H3,(H,22,26). The van der Waals surface area contributed by atoms with Crippen molar-refractivity contribution in [2.24, 2.45) is 0 Å². The van der Waals surface area contributed by atoms with E-state index < -0.39 is 5.76 Å². The highest BCUT2D eigenvalue weighted by atomic mass is 16.4. The quantitative estimate of drug-likeness (QED) is 0.721. The second-order valence-electron chi connectivity index (χ2n) is 7.32. The molecule has 7 nitrogen and oxygen atoms in total. The van der Waals surface area contributed by atoms with Crippen LogP contribution in [0.5, 0.6) is 5.75 Å². The first-order valence-corrected chi connectivity index (χ1v) is 9.34. The smallest absolute Gasteiger partial charge is 0.434 e. The van der Waals surface area contributed by atoms with Gasteiger partial charge in [-0.05, 0) is 62.3 Å². The molecule has 1 aliphatic rings. The number of hydrogen-bond acceptors (Lipinski definition) is 5. The monoisotopic (exact) mass is 368 g/mol. The summed E-state index contributed by atoms with van der Waals surface area (Å²) in [5.41, 5.74) is 8.02. The fourth-order valence-corrected chi connectivity index (χ4v) is 4.14. The number of aromatic amines is 1. The van der Waals surface area contributed by atoms with Gasteiger partial charge in [-0.15, -0.1) is 5.10 Å². The molecule has 0 saturated carbocycles. The Morgan fingerprint density at radius 1 is 1.26 bits per heavy atom. The molecule has 0 unspecified atom stereocenters. The molecule has 3 aromatic rings. The Morgan fingerprint density at radius 2 is 2.04 bits per heavy atom. The average Bonchev–Trinajstić information content (AvgIpc) is 3.33. The molecule has 2 heterocycles. The van der Waals surface area contributed by atoms with E-state index in [1.807, 2.05) is 18.5 Å². The van der Waals surface area contributed by atoms with Crippen LogP contribution in [0.25, 0.3) is 0 Å². The minimum Gasteiger partial charge on any atom is -0.507 e. The molecule has 0 amide bonds. The van der Waals surface area contributed by atoms with Gasteiger partial charge in [-0.25, -0.2) is 9.89 Å². The van der Waals surface area contributed by atoms with E-state index in [1.54, 1.807) is 0 Å². The maximum Gasteiger partial charge on any atom is 0.434 e. The highest BCUT2D eigenvalue weighted by molar-refractivity contribution is 5.53. The summed E-state index contributed by atoms with van der Waals surface area (Å²) in [6.07, 6.45) is 4.42. The number of aromatic nitrogens is 4. The Bertz CT molecular complexity index is 1060. The zero-order chi connectivity index (χ0) is 19.1. The summed E-state index contributed by atoms with van der Waals surface area (Å²) in [5.74, 6) is 0.326. The Balaban J connectivity index is 1.60. The molecular weight excluding hydrogens is 344 g/mol. The third-order valence-corrected chi connectivity index (χ3v) is 5.57. The molecule has 0 atom stereocenters. The Labute approximate surface area is 157 Å². The van der Waals surface area contributed by atoms with Crippen LogP contribution in [-0.4, -0.2) is 25.1 Å². The number of H-pyrrole nitrogens is 1. The lowest BCUT2D eigenvalue weighted by Gasteiger charge is -2.13. The molecule has 2 aromatic heterocycles. The lowest BCUT2D eigenvalue weighted by molar-refractivity contribution is 0.440. The van der Waals surface area contributed by atoms with Gasteiger partial charge in [0.15, 0.2) is 0 Å². The van der Waals surface area contributed by atoms with Gasteiger partial charge in [-0.2, -0.15) is 5.10 Å². The van der Waals surface area contributed by atoms with E-state index in [-0.39, 0.29) is 0 Å². The summed E-state index contributed by atoms with van der Waals surface area (Å²) in [5, 5.41) is 21.1. The van der Waals surface area contributed by atoms with Crippen LogP contribution in [0.3, 0.4) is 0 Å². The van der Waals surface area contributed by atoms with Crippen molar-refractivity contribution in [3.05, 3.63) is 61.7 Å². The molecule has 0 saturated heterocycles. The van der Waals surface area contributed by atoms with E-state index >= 15 is 0 Å². The molecule has 0 fully saturated rings. The summed E-state index contributed by atoms with van der Waals surface area (Å²) in [4.78, 5) is 11.0. The molecule has 1 aromatic carbocycles. The van der Waals surface area contributed by atoms with E-state index in [4.69, 9.17) is 4.42 Å². The van der Waals surface area contributed by atoms with Crippen LogP contribution in [0.2, 0.25) is 0 Å². The molecular formula is C20H24N4O3. The lowest BCUT2D eigenvalue weighted by Crippen LogP contribution is -2.06. The van der Waals surface area contributed by atoms with Crippen molar-refractivity contribution in [2.75, 3.05) is 0 Å². The molecule has 4 rings (SSSR count). The van der Waals surface area contributed by atoms with Crippen molar-refractivity contribution in [1.29, 1.82) is 0 Å². The van der Waals surface area contributed by atoms with Gasteiger partial charge >= 0.3 is 5.76 Å². The largest absolute Gasteiger partial charge is 0.507 e. The number of rotatable bonds is 5. The van der Waals surface area contributed by atoms with Crippen molar-refractivity contribution in [1.82, 2.24) is 20.0 Å². The highest BCUT2D eigenvalue weighted by Gasteiger charge is 2.22. The van der Waals surface area contributed by atoms with Gasteiger partial charge in [0, 0.05) is 30.6 Å². The van der Waals surface area contributed by atoms with Gasteiger partial charge in [0.05, 0.1) is 5.69 Å². The first-order chi connectivity index (χ1) is 12.9. The van der Waals surface area contributed by atoms with Gasteiger partial charge in [-0.1, -0.05) is 6.07 Å². The van der Waals surface area contributed by atoms with Crippen LogP contribution in [0, 0.1) is 20.8 Å². The summed E-state index contributed by atoms with van der Waals surface area (Å²) in [6, 6.07) is 2.12. The van der Waals surface area contributed by atoms with Crippen LogP contribution < -0.4 is 5.76 Å². The third kappa shape index (κ3) is 3.18. The van der Waals surface area contributed by atoms with Crippen LogP contribution in [0.4, 0.5) is 0 Å². The number of fused-ring (bicyclic) bond motifs is 1. The highest BCUT2D eigenvalue weighted by Crippen LogP contribution is 2.36. The molecule has 7 heteroatoms. The van der Waals surface area contributed by atoms with Gasteiger partial charge in [0.25, 0.3) is 0 Å². The number of aromatic hydroxyl groups is 1. The fraction of sp³-hybridized carbons (Fsp3) is 0.450. The molecule has 142 valence electrons. The number of phenolic OH excluding ortho intramolecular Hbond substituents is 1. The molecule has 0 bridgehead atoms. The van der Waals surface area contributed by atoms with Gasteiger partial charge in [0.1, 0.15) is 5.75 Å². The summed E-state index contributed by atoms with van der Waals surface area (Å²) in [7, 11) is 0. The normalized spacial score (nSPS) is 13.3. The summed E-state index contributed by atoms with van der Waals surface area (Å²) >= 11 is 0. The van der Waals surface area contributed by atoms with E-state index in [0.29, 0.717) is 24.6 Å². The molecule has 0 radical (unpaired) electrons. The van der Waals surface area contributed by atoms with Crippen molar-refractivity contribution in [3.8, 4) is 5.75 Å². The van der Waals surface area contributed by atoms with E-state index in [2.05, 4.69) is 28.3 Å². The molecule has 1 aliphatic carbocycles. The Hall–Kier alpha value is -2.83. The molecule has 2 N–H and O–H groups in total. The van der Waals surface area contributed by atoms with E-state index in [0.717, 1.165) is 48.2 Å². The van der Waals surface area contributed by atoms with E-state index in [1.165, 1.54) is 16.7 Å². The summed E-state index contributed by atoms with van der Waals surface area (Å²) < 4.78 is 6.92. The predicted molar refractivity (Wildman–Crippen MR) is 100 cm³/mol. The van der Waals surface area contributed by atoms with Crippen LogP contribution in [0.15, 0.2) is 15.3 Å². The minimum atomic E-state index is -0.532. The van der Waals surface area contributed by atoms with E-state index in [9.17, 15) is 9.90 Å². The fourth-order valence-electron chi connectivity index (χ4n) is 4.14. The number of benzene rings is 1. The van der Waals surface area contributed by atoms with Crippen LogP contribution >= 0.6 is 0 Å². The third-order valence-electron chi connectivity index (χ3n) is 5.57. The number of nitrogens with one attached hydrogen (secondary N) is 1. The topological polar surface area (TPSA) is 96.9 Å². The zero-order valence-corrected chi connectivity index (χ0v) is 15.9. The second-order valence-corrected chi connectivity index (χ2v) is 7.32. The second kappa shape index (κ2) is 6.72. The first-order valence-electron chi connectivity index (χ1n) is 9.34. The average molecular weight is 368 g/mol. The van der Waals surface area contributed by atoms with Gasteiger partial charge in [-0.3, -0.25) is 4.68 Å². The number of hydrogen-bond donors (Lipinski definition) is 2. The minimum absolute atomic E-state index is 0.390. The van der Waals surface area contributed by atoms with Crippen LogP contribution in [0.1, 0.15) is 51.5 Å². The number of phenols is 1. The van der Waals surface area contributed by atoms with Crippen molar-refractivity contribution in [3.63, 3.8) is 0 Å². The summed E-state index contributed by atoms with van der Waals surface area (Å²) in [6.45, 7) is 6.68. The van der Waals surface area contributed by atoms with Gasteiger partial charge in [0.2, 0.25) is 5.89 Å².